The summed E-state index contributed by atoms with van der Waals surface area (Å²) in [5.74, 6) is 1.81. The first-order chi connectivity index (χ1) is 15.4. The summed E-state index contributed by atoms with van der Waals surface area (Å²) < 4.78 is 10.1. The largest absolute Gasteiger partial charge is 0.497 e. The quantitative estimate of drug-likeness (QED) is 0.400. The van der Waals surface area contributed by atoms with Crippen LogP contribution in [0, 0.1) is 0 Å². The number of nitrogen functional groups attached to an aromatic ring is 2. The van der Waals surface area contributed by atoms with Crippen LogP contribution in [-0.2, 0) is 0 Å². The van der Waals surface area contributed by atoms with Crippen LogP contribution >= 0.6 is 11.6 Å². The maximum absolute atomic E-state index is 11.2. The Morgan fingerprint density at radius 3 is 1.72 bits per heavy atom. The van der Waals surface area contributed by atoms with Gasteiger partial charge in [-0.15, -0.1) is 0 Å². The van der Waals surface area contributed by atoms with Crippen molar-refractivity contribution in [2.45, 2.75) is 0 Å². The number of ether oxygens (including phenoxy) is 2. The van der Waals surface area contributed by atoms with E-state index in [1.165, 1.54) is 6.07 Å². The lowest BCUT2D eigenvalue weighted by Gasteiger charge is -2.04. The van der Waals surface area contributed by atoms with E-state index >= 15 is 0 Å². The number of H-pyrrole nitrogens is 1. The van der Waals surface area contributed by atoms with Gasteiger partial charge < -0.3 is 20.9 Å². The Hall–Kier alpha value is -4.11. The summed E-state index contributed by atoms with van der Waals surface area (Å²) >= 11 is 5.80. The average Bonchev–Trinajstić information content (AvgIpc) is 2.78. The van der Waals surface area contributed by atoms with Crippen molar-refractivity contribution < 1.29 is 9.47 Å². The van der Waals surface area contributed by atoms with Crippen LogP contribution in [0.25, 0.3) is 22.5 Å². The van der Waals surface area contributed by atoms with Crippen LogP contribution in [0.5, 0.6) is 11.5 Å². The minimum absolute atomic E-state index is 0.110. The molecule has 2 aromatic heterocycles. The molecule has 164 valence electrons. The Kier molecular flexibility index (Phi) is 7.25. The number of nitrogens with one attached hydrogen (secondary N) is 1. The van der Waals surface area contributed by atoms with Gasteiger partial charge in [-0.25, -0.2) is 15.0 Å². The molecule has 0 aliphatic rings. The highest BCUT2D eigenvalue weighted by atomic mass is 35.5. The van der Waals surface area contributed by atoms with Crippen molar-refractivity contribution in [3.63, 3.8) is 0 Å². The summed E-state index contributed by atoms with van der Waals surface area (Å²) in [5, 5.41) is 0.332. The molecule has 0 radical (unpaired) electrons. The zero-order chi connectivity index (χ0) is 23.1. The first kappa shape index (κ1) is 22.6. The molecule has 10 heteroatoms. The Balaban J connectivity index is 0.000000181. The maximum atomic E-state index is 11.2. The average molecular weight is 453 g/mol. The predicted octanol–water partition coefficient (Wildman–Crippen LogP) is 3.42. The molecule has 0 saturated carbocycles. The molecule has 0 spiro atoms. The van der Waals surface area contributed by atoms with Crippen LogP contribution in [0.4, 0.5) is 11.9 Å². The first-order valence-electron chi connectivity index (χ1n) is 9.33. The molecule has 2 aromatic carbocycles. The zero-order valence-electron chi connectivity index (χ0n) is 17.4. The molecule has 0 aliphatic heterocycles. The number of rotatable bonds is 4. The van der Waals surface area contributed by atoms with E-state index in [2.05, 4.69) is 19.9 Å². The number of nitrogens with two attached hydrogens (primary N) is 2. The minimum atomic E-state index is -0.265. The number of benzene rings is 2. The highest BCUT2D eigenvalue weighted by molar-refractivity contribution is 6.29. The van der Waals surface area contributed by atoms with Crippen LogP contribution in [0.3, 0.4) is 0 Å². The van der Waals surface area contributed by atoms with E-state index < -0.39 is 0 Å². The van der Waals surface area contributed by atoms with Crippen molar-refractivity contribution in [3.05, 3.63) is 76.2 Å². The van der Waals surface area contributed by atoms with E-state index in [9.17, 15) is 4.79 Å². The Labute approximate surface area is 189 Å². The van der Waals surface area contributed by atoms with E-state index in [-0.39, 0.29) is 17.5 Å². The van der Waals surface area contributed by atoms with Gasteiger partial charge in [0.1, 0.15) is 16.7 Å². The molecule has 0 amide bonds. The molecule has 0 saturated heterocycles. The second kappa shape index (κ2) is 10.3. The topological polar surface area (TPSA) is 142 Å². The van der Waals surface area contributed by atoms with Crippen LogP contribution in [0.2, 0.25) is 5.15 Å². The fourth-order valence-electron chi connectivity index (χ4n) is 2.73. The Morgan fingerprint density at radius 1 is 0.781 bits per heavy atom. The molecule has 0 aliphatic carbocycles. The van der Waals surface area contributed by atoms with E-state index in [4.69, 9.17) is 32.5 Å². The molecule has 0 bridgehead atoms. The summed E-state index contributed by atoms with van der Waals surface area (Å²) in [6.45, 7) is 0. The van der Waals surface area contributed by atoms with E-state index in [1.807, 2.05) is 36.4 Å². The normalized spacial score (nSPS) is 10.1. The lowest BCUT2D eigenvalue weighted by Crippen LogP contribution is -2.10. The van der Waals surface area contributed by atoms with E-state index in [0.717, 1.165) is 22.6 Å². The molecule has 5 N–H and O–H groups in total. The first-order valence-corrected chi connectivity index (χ1v) is 9.71. The van der Waals surface area contributed by atoms with Crippen LogP contribution in [0.15, 0.2) is 65.5 Å². The summed E-state index contributed by atoms with van der Waals surface area (Å²) in [5.41, 5.74) is 13.7. The molecule has 32 heavy (non-hydrogen) atoms. The summed E-state index contributed by atoms with van der Waals surface area (Å²) in [6, 6.07) is 17.8. The van der Waals surface area contributed by atoms with Gasteiger partial charge in [-0.1, -0.05) is 11.6 Å². The number of aromatic nitrogens is 4. The fourth-order valence-corrected chi connectivity index (χ4v) is 2.92. The number of aromatic amines is 1. The molecule has 4 rings (SSSR count). The lowest BCUT2D eigenvalue weighted by molar-refractivity contribution is 0.415. The third-order valence-corrected chi connectivity index (χ3v) is 4.44. The van der Waals surface area contributed by atoms with Crippen LogP contribution < -0.4 is 26.5 Å². The van der Waals surface area contributed by atoms with Gasteiger partial charge in [0.05, 0.1) is 25.6 Å². The summed E-state index contributed by atoms with van der Waals surface area (Å²) in [4.78, 5) is 25.5. The van der Waals surface area contributed by atoms with E-state index in [0.29, 0.717) is 16.5 Å². The summed E-state index contributed by atoms with van der Waals surface area (Å²) in [7, 11) is 3.22. The second-order valence-corrected chi connectivity index (χ2v) is 6.79. The van der Waals surface area contributed by atoms with Crippen molar-refractivity contribution >= 4 is 23.5 Å². The van der Waals surface area contributed by atoms with E-state index in [1.54, 1.807) is 32.4 Å². The van der Waals surface area contributed by atoms with Gasteiger partial charge in [0.15, 0.2) is 0 Å². The smallest absolute Gasteiger partial charge is 0.252 e. The SMILES string of the molecule is COc1ccc(-c2cc(=O)[nH]c(N)n2)cc1.COc1ccc(-c2cc(Cl)nc(N)n2)cc1. The molecule has 0 fully saturated rings. The van der Waals surface area contributed by atoms with Crippen LogP contribution in [0.1, 0.15) is 0 Å². The molecule has 2 heterocycles. The van der Waals surface area contributed by atoms with Crippen LogP contribution in [-0.4, -0.2) is 34.2 Å². The molecular formula is C22H21ClN6O3. The van der Waals surface area contributed by atoms with Crippen molar-refractivity contribution in [1.29, 1.82) is 0 Å². The van der Waals surface area contributed by atoms with Crippen molar-refractivity contribution in [2.24, 2.45) is 0 Å². The highest BCUT2D eigenvalue weighted by Gasteiger charge is 2.04. The monoisotopic (exact) mass is 452 g/mol. The second-order valence-electron chi connectivity index (χ2n) is 6.41. The van der Waals surface area contributed by atoms with Crippen molar-refractivity contribution in [1.82, 2.24) is 19.9 Å². The van der Waals surface area contributed by atoms with Gasteiger partial charge in [0, 0.05) is 23.3 Å². The minimum Gasteiger partial charge on any atom is -0.497 e. The third-order valence-electron chi connectivity index (χ3n) is 4.24. The lowest BCUT2D eigenvalue weighted by atomic mass is 10.1. The van der Waals surface area contributed by atoms with Gasteiger partial charge in [-0.3, -0.25) is 9.78 Å². The van der Waals surface area contributed by atoms with Gasteiger partial charge in [0.25, 0.3) is 5.56 Å². The molecule has 4 aromatic rings. The highest BCUT2D eigenvalue weighted by Crippen LogP contribution is 2.23. The summed E-state index contributed by atoms with van der Waals surface area (Å²) in [6.07, 6.45) is 0. The fraction of sp³-hybridized carbons (Fsp3) is 0.0909. The number of methoxy groups -OCH3 is 2. The molecular weight excluding hydrogens is 432 g/mol. The number of hydrogen-bond donors (Lipinski definition) is 3. The standard InChI is InChI=1S/C11H10ClN3O.C11H11N3O2/c1-16-8-4-2-7(3-5-8)9-6-10(12)15-11(13)14-9;1-16-8-4-2-7(3-5-8)9-6-10(15)14-11(12)13-9/h2-6H,1H3,(H2,13,14,15);2-6H,1H3,(H3,12,13,14,15). The predicted molar refractivity (Wildman–Crippen MR) is 125 cm³/mol. The van der Waals surface area contributed by atoms with Gasteiger partial charge in [0.2, 0.25) is 11.9 Å². The third kappa shape index (κ3) is 5.96. The number of hydrogen-bond acceptors (Lipinski definition) is 8. The maximum Gasteiger partial charge on any atom is 0.252 e. The Morgan fingerprint density at radius 2 is 1.28 bits per heavy atom. The number of nitrogens with zero attached hydrogens (tertiary/aromatic N) is 3. The van der Waals surface area contributed by atoms with Gasteiger partial charge in [-0.05, 0) is 48.5 Å². The van der Waals surface area contributed by atoms with Gasteiger partial charge in [-0.2, -0.15) is 0 Å². The number of halogens is 1. The Bertz CT molecular complexity index is 1220. The zero-order valence-corrected chi connectivity index (χ0v) is 18.1. The number of anilines is 2. The molecule has 0 unspecified atom stereocenters. The molecule has 9 nitrogen and oxygen atoms in total. The van der Waals surface area contributed by atoms with Gasteiger partial charge >= 0.3 is 0 Å². The molecule has 0 atom stereocenters. The van der Waals surface area contributed by atoms with Crippen molar-refractivity contribution in [2.75, 3.05) is 25.7 Å². The van der Waals surface area contributed by atoms with Crippen molar-refractivity contribution in [3.8, 4) is 34.0 Å².